The molecule has 1 fully saturated rings. The zero-order chi connectivity index (χ0) is 11.8. The number of aromatic nitrogens is 2. The summed E-state index contributed by atoms with van der Waals surface area (Å²) in [6.45, 7) is 3.30. The summed E-state index contributed by atoms with van der Waals surface area (Å²) in [5, 5.41) is 3.46. The van der Waals surface area contributed by atoms with Crippen molar-refractivity contribution in [2.24, 2.45) is 0 Å². The van der Waals surface area contributed by atoms with Crippen molar-refractivity contribution in [2.45, 2.75) is 31.7 Å². The number of fused-ring (bicyclic) bond motifs is 1. The normalized spacial score (nSPS) is 23.8. The van der Waals surface area contributed by atoms with Gasteiger partial charge in [-0.2, -0.15) is 0 Å². The number of imidazole rings is 1. The van der Waals surface area contributed by atoms with Crippen molar-refractivity contribution in [2.75, 3.05) is 6.54 Å². The van der Waals surface area contributed by atoms with E-state index >= 15 is 0 Å². The number of H-pyrrole nitrogens is 2. The maximum atomic E-state index is 11.2. The van der Waals surface area contributed by atoms with Gasteiger partial charge in [-0.3, -0.25) is 0 Å². The van der Waals surface area contributed by atoms with Gasteiger partial charge in [0, 0.05) is 6.04 Å². The standard InChI is InChI=1S/C13H17N3O.ClH/c1-8-6-10(4-5-14-8)9-2-3-11-12(7-9)16-13(17)15-11;/h2-3,7-8,10,14H,4-6H2,1H3,(H2,15,16,17);1H. The quantitative estimate of drug-likeness (QED) is 0.741. The van der Waals surface area contributed by atoms with Gasteiger partial charge in [0.15, 0.2) is 0 Å². The van der Waals surface area contributed by atoms with Crippen LogP contribution in [0.1, 0.15) is 31.2 Å². The van der Waals surface area contributed by atoms with Crippen LogP contribution >= 0.6 is 12.4 Å². The summed E-state index contributed by atoms with van der Waals surface area (Å²) in [4.78, 5) is 16.8. The Morgan fingerprint density at radius 2 is 2.00 bits per heavy atom. The number of benzene rings is 1. The molecule has 0 amide bonds. The van der Waals surface area contributed by atoms with Crippen molar-refractivity contribution in [3.05, 3.63) is 34.2 Å². The predicted octanol–water partition coefficient (Wildman–Crippen LogP) is 2.13. The largest absolute Gasteiger partial charge is 0.323 e. The van der Waals surface area contributed by atoms with Gasteiger partial charge in [0.25, 0.3) is 0 Å². The molecular formula is C13H18ClN3O. The first kappa shape index (κ1) is 13.2. The average molecular weight is 268 g/mol. The number of halogens is 1. The van der Waals surface area contributed by atoms with Crippen LogP contribution < -0.4 is 11.0 Å². The third-order valence-corrected chi connectivity index (χ3v) is 3.64. The van der Waals surface area contributed by atoms with Crippen molar-refractivity contribution < 1.29 is 0 Å². The van der Waals surface area contributed by atoms with Crippen LogP contribution in [0.4, 0.5) is 0 Å². The van der Waals surface area contributed by atoms with Gasteiger partial charge in [-0.1, -0.05) is 6.07 Å². The third kappa shape index (κ3) is 2.44. The second-order valence-electron chi connectivity index (χ2n) is 4.96. The monoisotopic (exact) mass is 267 g/mol. The molecule has 1 aliphatic rings. The van der Waals surface area contributed by atoms with E-state index in [-0.39, 0.29) is 18.1 Å². The number of piperidine rings is 1. The molecule has 3 N–H and O–H groups in total. The highest BCUT2D eigenvalue weighted by Crippen LogP contribution is 2.28. The number of hydrogen-bond donors (Lipinski definition) is 3. The summed E-state index contributed by atoms with van der Waals surface area (Å²) >= 11 is 0. The minimum absolute atomic E-state index is 0. The SMILES string of the molecule is CC1CC(c2ccc3[nH]c(=O)[nH]c3c2)CCN1.Cl. The van der Waals surface area contributed by atoms with Gasteiger partial charge in [0.05, 0.1) is 11.0 Å². The van der Waals surface area contributed by atoms with Crippen LogP contribution in [0.25, 0.3) is 11.0 Å². The summed E-state index contributed by atoms with van der Waals surface area (Å²) in [7, 11) is 0. The Bertz CT molecular complexity index is 589. The molecule has 98 valence electrons. The fourth-order valence-corrected chi connectivity index (χ4v) is 2.74. The van der Waals surface area contributed by atoms with Crippen LogP contribution in [0.5, 0.6) is 0 Å². The van der Waals surface area contributed by atoms with E-state index < -0.39 is 0 Å². The first-order chi connectivity index (χ1) is 8.22. The van der Waals surface area contributed by atoms with E-state index in [0.717, 1.165) is 17.6 Å². The molecular weight excluding hydrogens is 250 g/mol. The highest BCUT2D eigenvalue weighted by atomic mass is 35.5. The second kappa shape index (κ2) is 5.16. The van der Waals surface area contributed by atoms with Crippen LogP contribution in [-0.4, -0.2) is 22.6 Å². The number of aromatic amines is 2. The van der Waals surface area contributed by atoms with Crippen LogP contribution in [0.3, 0.4) is 0 Å². The lowest BCUT2D eigenvalue weighted by atomic mass is 9.87. The molecule has 4 nitrogen and oxygen atoms in total. The highest BCUT2D eigenvalue weighted by Gasteiger charge is 2.20. The maximum absolute atomic E-state index is 11.2. The molecule has 0 aliphatic carbocycles. The molecule has 2 atom stereocenters. The van der Waals surface area contributed by atoms with Gasteiger partial charge < -0.3 is 15.3 Å². The lowest BCUT2D eigenvalue weighted by Gasteiger charge is -2.28. The molecule has 5 heteroatoms. The van der Waals surface area contributed by atoms with Crippen LogP contribution in [0.15, 0.2) is 23.0 Å². The number of hydrogen-bond acceptors (Lipinski definition) is 2. The van der Waals surface area contributed by atoms with E-state index in [1.165, 1.54) is 18.4 Å². The topological polar surface area (TPSA) is 60.7 Å². The van der Waals surface area contributed by atoms with E-state index in [1.807, 2.05) is 6.07 Å². The molecule has 2 heterocycles. The molecule has 3 rings (SSSR count). The Kier molecular flexibility index (Phi) is 3.78. The molecule has 0 saturated carbocycles. The zero-order valence-electron chi connectivity index (χ0n) is 10.3. The second-order valence-corrected chi connectivity index (χ2v) is 4.96. The molecule has 0 bridgehead atoms. The summed E-state index contributed by atoms with van der Waals surface area (Å²) in [5.41, 5.74) is 3.01. The van der Waals surface area contributed by atoms with Crippen molar-refractivity contribution in [3.63, 3.8) is 0 Å². The van der Waals surface area contributed by atoms with E-state index in [4.69, 9.17) is 0 Å². The highest BCUT2D eigenvalue weighted by molar-refractivity contribution is 5.85. The van der Waals surface area contributed by atoms with Gasteiger partial charge in [-0.05, 0) is 49.9 Å². The minimum Gasteiger partial charge on any atom is -0.314 e. The predicted molar refractivity (Wildman–Crippen MR) is 75.6 cm³/mol. The van der Waals surface area contributed by atoms with Crippen LogP contribution in [-0.2, 0) is 0 Å². The minimum atomic E-state index is -0.129. The van der Waals surface area contributed by atoms with E-state index in [0.29, 0.717) is 12.0 Å². The Labute approximate surface area is 112 Å². The fourth-order valence-electron chi connectivity index (χ4n) is 2.74. The smallest absolute Gasteiger partial charge is 0.314 e. The fraction of sp³-hybridized carbons (Fsp3) is 0.462. The number of nitrogens with one attached hydrogen (secondary N) is 3. The van der Waals surface area contributed by atoms with Gasteiger partial charge in [0.1, 0.15) is 0 Å². The summed E-state index contributed by atoms with van der Waals surface area (Å²) in [6.07, 6.45) is 2.34. The van der Waals surface area contributed by atoms with Crippen molar-refractivity contribution >= 4 is 23.4 Å². The first-order valence-corrected chi connectivity index (χ1v) is 6.18. The van der Waals surface area contributed by atoms with Gasteiger partial charge >= 0.3 is 5.69 Å². The summed E-state index contributed by atoms with van der Waals surface area (Å²) < 4.78 is 0. The lowest BCUT2D eigenvalue weighted by molar-refractivity contribution is 0.381. The lowest BCUT2D eigenvalue weighted by Crippen LogP contribution is -2.34. The first-order valence-electron chi connectivity index (χ1n) is 6.18. The third-order valence-electron chi connectivity index (χ3n) is 3.64. The molecule has 1 aliphatic heterocycles. The van der Waals surface area contributed by atoms with Crippen LogP contribution in [0.2, 0.25) is 0 Å². The van der Waals surface area contributed by atoms with Crippen LogP contribution in [0, 0.1) is 0 Å². The molecule has 1 aromatic heterocycles. The molecule has 2 aromatic rings. The molecule has 0 radical (unpaired) electrons. The van der Waals surface area contributed by atoms with E-state index in [9.17, 15) is 4.79 Å². The average Bonchev–Trinajstić information content (AvgIpc) is 2.68. The van der Waals surface area contributed by atoms with Crippen molar-refractivity contribution in [3.8, 4) is 0 Å². The maximum Gasteiger partial charge on any atom is 0.323 e. The van der Waals surface area contributed by atoms with Gasteiger partial charge in [0.2, 0.25) is 0 Å². The summed E-state index contributed by atoms with van der Waals surface area (Å²) in [5.74, 6) is 0.606. The Morgan fingerprint density at radius 3 is 2.78 bits per heavy atom. The molecule has 18 heavy (non-hydrogen) atoms. The molecule has 1 saturated heterocycles. The Balaban J connectivity index is 0.00000120. The zero-order valence-corrected chi connectivity index (χ0v) is 11.1. The number of rotatable bonds is 1. The summed E-state index contributed by atoms with van der Waals surface area (Å²) in [6, 6.07) is 6.81. The Hall–Kier alpha value is -1.26. The molecule has 2 unspecified atom stereocenters. The molecule has 1 aromatic carbocycles. The van der Waals surface area contributed by atoms with Gasteiger partial charge in [-0.15, -0.1) is 12.4 Å². The van der Waals surface area contributed by atoms with Gasteiger partial charge in [-0.25, -0.2) is 4.79 Å². The van der Waals surface area contributed by atoms with E-state index in [1.54, 1.807) is 0 Å². The van der Waals surface area contributed by atoms with Crippen molar-refractivity contribution in [1.29, 1.82) is 0 Å². The Morgan fingerprint density at radius 1 is 1.22 bits per heavy atom. The molecule has 0 spiro atoms. The van der Waals surface area contributed by atoms with Crippen molar-refractivity contribution in [1.82, 2.24) is 15.3 Å². The van der Waals surface area contributed by atoms with E-state index in [2.05, 4.69) is 34.3 Å².